The van der Waals surface area contributed by atoms with Crippen molar-refractivity contribution in [2.45, 2.75) is 397 Å². The lowest BCUT2D eigenvalue weighted by Crippen LogP contribution is -2.72. The van der Waals surface area contributed by atoms with Gasteiger partial charge in [-0.2, -0.15) is 0 Å². The minimum atomic E-state index is -3.56. The molecule has 4 fully saturated rings. The zero-order chi connectivity index (χ0) is 88.0. The molecule has 0 aromatic heterocycles. The molecule has 28 atom stereocenters. The molecule has 0 bridgehead atoms. The molecule has 4 aliphatic rings. The lowest BCUT2D eigenvalue weighted by Gasteiger charge is -2.52. The van der Waals surface area contributed by atoms with E-state index in [1.807, 2.05) is 0 Å². The number of carboxylic acids is 3. The van der Waals surface area contributed by atoms with E-state index in [2.05, 4.69) is 42.0 Å². The summed E-state index contributed by atoms with van der Waals surface area (Å²) in [4.78, 5) is 93.6. The molecule has 118 heavy (non-hydrogen) atoms. The van der Waals surface area contributed by atoms with Crippen LogP contribution in [0.5, 0.6) is 0 Å². The van der Waals surface area contributed by atoms with E-state index in [9.17, 15) is 141 Å². The lowest BCUT2D eigenvalue weighted by molar-refractivity contribution is -0.365. The highest BCUT2D eigenvalue weighted by atomic mass is 16.8. The number of nitrogens with one attached hydrogen (secondary N) is 4. The molecular formula is C78H140N4O36. The fourth-order valence-electron chi connectivity index (χ4n) is 15.2. The molecule has 40 nitrogen and oxygen atoms in total. The van der Waals surface area contributed by atoms with Crippen LogP contribution in [0.2, 0.25) is 0 Å². The van der Waals surface area contributed by atoms with Gasteiger partial charge in [-0.25, -0.2) is 14.4 Å². The SMILES string of the molecule is CCCCCCCCCCCCCCCCCCCCC(O)C(=O)NC(COC1OC(COC2(C(=O)O)CC(OC3(C(=O)O)CC(O)C(NC(=O)COC4(C(=O)O)CC(O)C(NC(=O)CO)C(C(O)C(O)CO)O4)C(C(O)C(O)CO)O3)C(NC(C)=O)C(C(O)C(O)CO)O2)C(O)C(O)C1O)C(O)C(O)CCCCCCCCCC(C)CC. The molecule has 28 unspecified atom stereocenters. The monoisotopic (exact) mass is 1710 g/mol. The first-order chi connectivity index (χ1) is 56.0. The average Bonchev–Trinajstić information content (AvgIpc) is 0.750. The first-order valence-corrected chi connectivity index (χ1v) is 42.1. The summed E-state index contributed by atoms with van der Waals surface area (Å²) in [6, 6.07) is -7.78. The van der Waals surface area contributed by atoms with E-state index in [0.29, 0.717) is 31.6 Å². The molecule has 0 spiro atoms. The molecule has 40 heteroatoms. The Bertz CT molecular complexity index is 2900. The normalized spacial score (nSPS) is 30.3. The van der Waals surface area contributed by atoms with Crippen LogP contribution in [-0.4, -0.2) is 359 Å². The zero-order valence-electron chi connectivity index (χ0n) is 68.5. The Hall–Kier alpha value is -4.75. The maximum atomic E-state index is 13.9. The van der Waals surface area contributed by atoms with Crippen LogP contribution in [0.15, 0.2) is 0 Å². The summed E-state index contributed by atoms with van der Waals surface area (Å²) in [5, 5.41) is 238. The van der Waals surface area contributed by atoms with E-state index < -0.39 is 271 Å². The number of unbranched alkanes of at least 4 members (excludes halogenated alkanes) is 23. The third-order valence-electron chi connectivity index (χ3n) is 22.6. The first-order valence-electron chi connectivity index (χ1n) is 42.1. The van der Waals surface area contributed by atoms with Gasteiger partial charge in [0.05, 0.1) is 81.6 Å². The van der Waals surface area contributed by atoms with E-state index in [-0.39, 0.29) is 12.8 Å². The largest absolute Gasteiger partial charge is 0.477 e. The van der Waals surface area contributed by atoms with Crippen molar-refractivity contribution in [3.8, 4) is 0 Å². The molecule has 0 radical (unpaired) electrons. The molecule has 25 N–H and O–H groups in total. The number of ether oxygens (including phenoxy) is 8. The second-order valence-corrected chi connectivity index (χ2v) is 32.1. The Morgan fingerprint density at radius 1 is 0.466 bits per heavy atom. The van der Waals surface area contributed by atoms with Gasteiger partial charge in [-0.05, 0) is 18.8 Å². The molecule has 0 aliphatic carbocycles. The van der Waals surface area contributed by atoms with Crippen molar-refractivity contribution in [2.75, 3.05) is 46.2 Å². The van der Waals surface area contributed by atoms with Gasteiger partial charge < -0.3 is 166 Å². The summed E-state index contributed by atoms with van der Waals surface area (Å²) < 4.78 is 46.2. The van der Waals surface area contributed by atoms with Crippen LogP contribution in [0, 0.1) is 5.92 Å². The quantitative estimate of drug-likeness (QED) is 0.0267. The standard InChI is InChI=1S/C78H140N4O36/c1-5-7-8-9-10-11-12-13-14-15-16-17-18-19-20-23-27-30-33-48(89)71(104)80-46(61(97)47(88)32-29-26-24-21-22-25-28-31-44(3)6-2)41-111-72-67(103)66(102)65(101)55(114-72)42-112-77(74(107)108)36-54(60(79-45(4)87)70(117-77)64(100)53(94)39-85)115-78(75(109)110)35-50(91)59(69(118-78)63(99)52(93)38-84)82-57(96)43-113-76(73(105)106)34-49(90)58(81-56(95)40-86)68(116-76)62(98)51(92)37-83/h44,46-55,58-70,72,83-86,88-94,97-103H,5-43H2,1-4H3,(H,79,87)(H,80,104)(H,81,95)(H,82,96)(H,105,106)(H,107,108)(H,109,110). The van der Waals surface area contributed by atoms with E-state index in [1.54, 1.807) is 0 Å². The maximum absolute atomic E-state index is 13.9. The topological polar surface area (TPSA) is 666 Å². The van der Waals surface area contributed by atoms with Crippen molar-refractivity contribution in [3.63, 3.8) is 0 Å². The Balaban J connectivity index is 1.60. The van der Waals surface area contributed by atoms with Gasteiger partial charge in [0, 0.05) is 26.2 Å². The fraction of sp³-hybridized carbons (Fsp3) is 0.910. The van der Waals surface area contributed by atoms with Crippen molar-refractivity contribution >= 4 is 41.5 Å². The summed E-state index contributed by atoms with van der Waals surface area (Å²) in [6.45, 7) is -1.39. The second kappa shape index (κ2) is 54.1. The summed E-state index contributed by atoms with van der Waals surface area (Å²) in [6.07, 6.45) is -19.7. The molecule has 688 valence electrons. The summed E-state index contributed by atoms with van der Waals surface area (Å²) in [5.74, 6) is -21.0. The van der Waals surface area contributed by atoms with Crippen molar-refractivity contribution < 1.29 is 179 Å². The average molecular weight is 1710 g/mol. The number of rotatable bonds is 61. The van der Waals surface area contributed by atoms with Gasteiger partial charge >= 0.3 is 17.9 Å². The maximum Gasteiger partial charge on any atom is 0.364 e. The summed E-state index contributed by atoms with van der Waals surface area (Å²) >= 11 is 0. The number of carbonyl (C=O) groups excluding carboxylic acids is 4. The molecule has 4 aliphatic heterocycles. The third-order valence-corrected chi connectivity index (χ3v) is 22.6. The number of carbonyl (C=O) groups is 7. The number of aliphatic hydroxyl groups excluding tert-OH is 18. The highest BCUT2D eigenvalue weighted by Crippen LogP contribution is 2.42. The van der Waals surface area contributed by atoms with Crippen LogP contribution in [0.25, 0.3) is 0 Å². The van der Waals surface area contributed by atoms with E-state index in [1.165, 1.54) is 70.6 Å². The van der Waals surface area contributed by atoms with Gasteiger partial charge in [-0.3, -0.25) is 19.2 Å². The molecule has 0 aromatic rings. The van der Waals surface area contributed by atoms with Gasteiger partial charge in [0.2, 0.25) is 23.6 Å². The van der Waals surface area contributed by atoms with Gasteiger partial charge in [-0.1, -0.05) is 194 Å². The molecule has 4 heterocycles. The van der Waals surface area contributed by atoms with Crippen molar-refractivity contribution in [2.24, 2.45) is 5.92 Å². The van der Waals surface area contributed by atoms with Crippen molar-refractivity contribution in [3.05, 3.63) is 0 Å². The minimum Gasteiger partial charge on any atom is -0.477 e. The number of aliphatic hydroxyl groups is 18. The van der Waals surface area contributed by atoms with Crippen LogP contribution < -0.4 is 21.3 Å². The van der Waals surface area contributed by atoms with E-state index >= 15 is 0 Å². The minimum absolute atomic E-state index is 0.0266. The summed E-state index contributed by atoms with van der Waals surface area (Å²) in [5.41, 5.74) is 0. The van der Waals surface area contributed by atoms with Gasteiger partial charge in [0.15, 0.2) is 6.29 Å². The van der Waals surface area contributed by atoms with Crippen LogP contribution in [0.1, 0.15) is 233 Å². The molecular weight excluding hydrogens is 1570 g/mol. The number of hydrogen-bond acceptors (Lipinski definition) is 33. The second-order valence-electron chi connectivity index (χ2n) is 32.1. The highest BCUT2D eigenvalue weighted by molar-refractivity contribution is 5.82. The number of carboxylic acid groups (broad SMARTS) is 3. The Morgan fingerprint density at radius 3 is 1.31 bits per heavy atom. The Labute approximate surface area is 688 Å². The molecule has 0 aromatic carbocycles. The van der Waals surface area contributed by atoms with Gasteiger partial charge in [0.25, 0.3) is 17.4 Å². The molecule has 4 saturated heterocycles. The van der Waals surface area contributed by atoms with Crippen LogP contribution in [0.4, 0.5) is 0 Å². The molecule has 0 saturated carbocycles. The smallest absolute Gasteiger partial charge is 0.364 e. The lowest BCUT2D eigenvalue weighted by atomic mass is 9.86. The van der Waals surface area contributed by atoms with Crippen molar-refractivity contribution in [1.29, 1.82) is 0 Å². The predicted molar refractivity (Wildman–Crippen MR) is 411 cm³/mol. The first kappa shape index (κ1) is 106. The van der Waals surface area contributed by atoms with E-state index in [4.69, 9.17) is 37.9 Å². The van der Waals surface area contributed by atoms with E-state index in [0.717, 1.165) is 84.0 Å². The molecule has 4 rings (SSSR count). The van der Waals surface area contributed by atoms with Crippen LogP contribution in [0.3, 0.4) is 0 Å². The van der Waals surface area contributed by atoms with Crippen LogP contribution >= 0.6 is 0 Å². The third kappa shape index (κ3) is 32.7. The fourth-order valence-corrected chi connectivity index (χ4v) is 15.2. The van der Waals surface area contributed by atoms with Gasteiger partial charge in [-0.15, -0.1) is 0 Å². The summed E-state index contributed by atoms with van der Waals surface area (Å²) in [7, 11) is 0. The number of amides is 4. The van der Waals surface area contributed by atoms with Crippen molar-refractivity contribution in [1.82, 2.24) is 21.3 Å². The highest BCUT2D eigenvalue weighted by Gasteiger charge is 2.64. The number of hydrogen-bond donors (Lipinski definition) is 25. The van der Waals surface area contributed by atoms with Gasteiger partial charge in [0.1, 0.15) is 105 Å². The van der Waals surface area contributed by atoms with Crippen LogP contribution in [-0.2, 0) is 71.5 Å². The zero-order valence-corrected chi connectivity index (χ0v) is 68.5. The predicted octanol–water partition coefficient (Wildman–Crippen LogP) is -3.17. The Kier molecular flexibility index (Phi) is 48.4. The Morgan fingerprint density at radius 2 is 0.873 bits per heavy atom. The molecule has 4 amide bonds. The number of aliphatic carboxylic acids is 3.